The molecule has 1 radical (unpaired) electrons. The average molecular weight is 153 g/mol. The van der Waals surface area contributed by atoms with Gasteiger partial charge in [0.1, 0.15) is 0 Å². The first-order valence-electron chi connectivity index (χ1n) is 3.33. The van der Waals surface area contributed by atoms with Crippen molar-refractivity contribution in [2.24, 2.45) is 0 Å². The van der Waals surface area contributed by atoms with Crippen LogP contribution >= 0.6 is 0 Å². The summed E-state index contributed by atoms with van der Waals surface area (Å²) >= 11 is 0. The Morgan fingerprint density at radius 3 is 2.91 bits per heavy atom. The predicted molar refractivity (Wildman–Crippen MR) is 38.1 cm³/mol. The highest BCUT2D eigenvalue weighted by Crippen LogP contribution is 1.92. The van der Waals surface area contributed by atoms with E-state index in [1.54, 1.807) is 19.9 Å². The van der Waals surface area contributed by atoms with Gasteiger partial charge in [0, 0.05) is 0 Å². The summed E-state index contributed by atoms with van der Waals surface area (Å²) < 4.78 is 5.85. The fourth-order valence-corrected chi connectivity index (χ4v) is 0.589. The first kappa shape index (κ1) is 7.78. The standard InChI is InChI=1S/C7H9N2O2/c1-6(2)11-7(10)9-5-3-4-8-9/h3-4,6H,1-2H3. The normalized spacial score (nSPS) is 10.1. The van der Waals surface area contributed by atoms with Crippen LogP contribution in [0.4, 0.5) is 4.79 Å². The Morgan fingerprint density at radius 1 is 1.73 bits per heavy atom. The van der Waals surface area contributed by atoms with E-state index in [1.165, 1.54) is 6.20 Å². The number of nitrogens with zero attached hydrogens (tertiary/aromatic N) is 2. The lowest BCUT2D eigenvalue weighted by molar-refractivity contribution is 0.114. The van der Waals surface area contributed by atoms with Crippen LogP contribution in [0.5, 0.6) is 0 Å². The van der Waals surface area contributed by atoms with Crippen molar-refractivity contribution in [2.75, 3.05) is 0 Å². The van der Waals surface area contributed by atoms with E-state index in [1.807, 2.05) is 0 Å². The van der Waals surface area contributed by atoms with Crippen LogP contribution in [0.25, 0.3) is 0 Å². The Hall–Kier alpha value is -1.32. The van der Waals surface area contributed by atoms with Gasteiger partial charge < -0.3 is 4.74 Å². The van der Waals surface area contributed by atoms with Crippen molar-refractivity contribution < 1.29 is 9.53 Å². The first-order valence-corrected chi connectivity index (χ1v) is 3.33. The molecule has 1 rings (SSSR count). The molecule has 4 nitrogen and oxygen atoms in total. The largest absolute Gasteiger partial charge is 0.445 e. The molecular weight excluding hydrogens is 144 g/mol. The molecule has 0 amide bonds. The second-order valence-corrected chi connectivity index (χ2v) is 2.30. The maximum Gasteiger partial charge on any atom is 0.435 e. The molecular formula is C7H9N2O2. The van der Waals surface area contributed by atoms with E-state index < -0.39 is 6.09 Å². The molecule has 0 fully saturated rings. The molecule has 0 atom stereocenters. The van der Waals surface area contributed by atoms with Crippen LogP contribution in [-0.2, 0) is 4.74 Å². The Kier molecular flexibility index (Phi) is 2.25. The summed E-state index contributed by atoms with van der Waals surface area (Å²) in [6.07, 6.45) is 3.43. The zero-order valence-electron chi connectivity index (χ0n) is 6.44. The Bertz CT molecular complexity index is 229. The summed E-state index contributed by atoms with van der Waals surface area (Å²) in [5.41, 5.74) is 0. The summed E-state index contributed by atoms with van der Waals surface area (Å²) in [6, 6.07) is 1.54. The second-order valence-electron chi connectivity index (χ2n) is 2.30. The van der Waals surface area contributed by atoms with Gasteiger partial charge in [-0.25, -0.2) is 4.79 Å². The van der Waals surface area contributed by atoms with Crippen LogP contribution < -0.4 is 0 Å². The van der Waals surface area contributed by atoms with Gasteiger partial charge in [-0.05, 0) is 19.9 Å². The highest BCUT2D eigenvalue weighted by atomic mass is 16.6. The van der Waals surface area contributed by atoms with E-state index in [9.17, 15) is 4.79 Å². The molecule has 59 valence electrons. The minimum absolute atomic E-state index is 0.125. The number of hydrogen-bond acceptors (Lipinski definition) is 3. The number of aromatic nitrogens is 2. The zero-order chi connectivity index (χ0) is 8.27. The Morgan fingerprint density at radius 2 is 2.45 bits per heavy atom. The molecule has 0 saturated carbocycles. The maximum absolute atomic E-state index is 11.0. The molecule has 1 aromatic rings. The molecule has 0 aromatic carbocycles. The van der Waals surface area contributed by atoms with E-state index in [0.29, 0.717) is 0 Å². The first-order chi connectivity index (χ1) is 5.20. The van der Waals surface area contributed by atoms with E-state index in [0.717, 1.165) is 4.68 Å². The summed E-state index contributed by atoms with van der Waals surface area (Å²) in [7, 11) is 0. The molecule has 0 aliphatic heterocycles. The average Bonchev–Trinajstić information content (AvgIpc) is 2.35. The third-order valence-electron chi connectivity index (χ3n) is 0.963. The van der Waals surface area contributed by atoms with Crippen molar-refractivity contribution in [3.8, 4) is 0 Å². The maximum atomic E-state index is 11.0. The number of rotatable bonds is 1. The van der Waals surface area contributed by atoms with Crippen LogP contribution in [0.3, 0.4) is 0 Å². The van der Waals surface area contributed by atoms with Gasteiger partial charge in [0.25, 0.3) is 0 Å². The molecule has 0 bridgehead atoms. The molecule has 11 heavy (non-hydrogen) atoms. The molecule has 4 heteroatoms. The van der Waals surface area contributed by atoms with Crippen molar-refractivity contribution in [2.45, 2.75) is 20.0 Å². The SMILES string of the molecule is CC(C)OC(=O)n1[c]ccn1. The minimum Gasteiger partial charge on any atom is -0.445 e. The Balaban J connectivity index is 2.57. The minimum atomic E-state index is -0.495. The molecule has 0 N–H and O–H groups in total. The highest BCUT2D eigenvalue weighted by Gasteiger charge is 2.06. The summed E-state index contributed by atoms with van der Waals surface area (Å²) in [4.78, 5) is 11.0. The number of carbonyl (C=O) groups excluding carboxylic acids is 1. The van der Waals surface area contributed by atoms with E-state index in [4.69, 9.17) is 4.74 Å². The van der Waals surface area contributed by atoms with Gasteiger partial charge in [-0.2, -0.15) is 9.78 Å². The third-order valence-corrected chi connectivity index (χ3v) is 0.963. The molecule has 1 aromatic heterocycles. The van der Waals surface area contributed by atoms with Gasteiger partial charge in [0.2, 0.25) is 0 Å². The zero-order valence-corrected chi connectivity index (χ0v) is 6.44. The fraction of sp³-hybridized carbons (Fsp3) is 0.429. The van der Waals surface area contributed by atoms with Crippen molar-refractivity contribution in [1.82, 2.24) is 9.78 Å². The predicted octanol–water partition coefficient (Wildman–Crippen LogP) is 1.08. The van der Waals surface area contributed by atoms with Crippen LogP contribution in [-0.4, -0.2) is 22.0 Å². The van der Waals surface area contributed by atoms with Crippen LogP contribution in [0.1, 0.15) is 13.8 Å². The van der Waals surface area contributed by atoms with Gasteiger partial charge in [0.05, 0.1) is 18.5 Å². The van der Waals surface area contributed by atoms with Gasteiger partial charge in [-0.15, -0.1) is 0 Å². The van der Waals surface area contributed by atoms with Crippen molar-refractivity contribution >= 4 is 6.09 Å². The van der Waals surface area contributed by atoms with Crippen LogP contribution in [0, 0.1) is 6.20 Å². The highest BCUT2D eigenvalue weighted by molar-refractivity contribution is 5.68. The van der Waals surface area contributed by atoms with Crippen molar-refractivity contribution in [3.63, 3.8) is 0 Å². The number of ether oxygens (including phenoxy) is 1. The summed E-state index contributed by atoms with van der Waals surface area (Å²) in [5, 5.41) is 3.66. The number of carbonyl (C=O) groups is 1. The molecule has 0 aliphatic carbocycles. The van der Waals surface area contributed by atoms with Gasteiger partial charge in [-0.3, -0.25) is 0 Å². The van der Waals surface area contributed by atoms with E-state index in [-0.39, 0.29) is 6.10 Å². The van der Waals surface area contributed by atoms with Gasteiger partial charge in [-0.1, -0.05) is 0 Å². The second kappa shape index (κ2) is 3.18. The molecule has 0 spiro atoms. The summed E-state index contributed by atoms with van der Waals surface area (Å²) in [6.45, 7) is 3.56. The molecule has 0 aliphatic rings. The van der Waals surface area contributed by atoms with E-state index in [2.05, 4.69) is 11.3 Å². The lowest BCUT2D eigenvalue weighted by Gasteiger charge is -2.05. The molecule has 0 unspecified atom stereocenters. The topological polar surface area (TPSA) is 44.1 Å². The van der Waals surface area contributed by atoms with Crippen molar-refractivity contribution in [3.05, 3.63) is 18.5 Å². The van der Waals surface area contributed by atoms with E-state index >= 15 is 0 Å². The third kappa shape index (κ3) is 2.07. The fourth-order valence-electron chi connectivity index (χ4n) is 0.589. The van der Waals surface area contributed by atoms with Gasteiger partial charge >= 0.3 is 6.09 Å². The van der Waals surface area contributed by atoms with Crippen LogP contribution in [0.15, 0.2) is 12.3 Å². The monoisotopic (exact) mass is 153 g/mol. The van der Waals surface area contributed by atoms with Crippen molar-refractivity contribution in [1.29, 1.82) is 0 Å². The molecule has 0 saturated heterocycles. The van der Waals surface area contributed by atoms with Crippen LogP contribution in [0.2, 0.25) is 0 Å². The smallest absolute Gasteiger partial charge is 0.435 e. The Labute approximate surface area is 64.8 Å². The van der Waals surface area contributed by atoms with Gasteiger partial charge in [0.15, 0.2) is 0 Å². The number of hydrogen-bond donors (Lipinski definition) is 0. The quantitative estimate of drug-likeness (QED) is 0.606. The lowest BCUT2D eigenvalue weighted by atomic mass is 10.5. The summed E-state index contributed by atoms with van der Waals surface area (Å²) in [5.74, 6) is 0. The lowest BCUT2D eigenvalue weighted by Crippen LogP contribution is -2.18. The molecule has 1 heterocycles.